The van der Waals surface area contributed by atoms with Crippen LogP contribution in [0.2, 0.25) is 5.02 Å². The van der Waals surface area contributed by atoms with E-state index in [0.29, 0.717) is 28.3 Å². The fraction of sp³-hybridized carbons (Fsp3) is 0.167. The van der Waals surface area contributed by atoms with Crippen molar-refractivity contribution in [3.8, 4) is 11.5 Å². The summed E-state index contributed by atoms with van der Waals surface area (Å²) in [5, 5.41) is 15.1. The van der Waals surface area contributed by atoms with Crippen molar-refractivity contribution < 1.29 is 13.6 Å². The molecule has 0 radical (unpaired) electrons. The van der Waals surface area contributed by atoms with Gasteiger partial charge in [0.2, 0.25) is 5.89 Å². The molecule has 1 atom stereocenters. The highest BCUT2D eigenvalue weighted by Crippen LogP contribution is 2.34. The van der Waals surface area contributed by atoms with E-state index < -0.39 is 0 Å². The third kappa shape index (κ3) is 4.72. The van der Waals surface area contributed by atoms with Crippen molar-refractivity contribution in [2.45, 2.75) is 24.6 Å². The van der Waals surface area contributed by atoms with Crippen LogP contribution in [0.5, 0.6) is 0 Å². The van der Waals surface area contributed by atoms with Crippen LogP contribution in [-0.2, 0) is 4.79 Å². The Kier molecular flexibility index (Phi) is 6.02. The molecule has 9 heteroatoms. The van der Waals surface area contributed by atoms with Gasteiger partial charge in [-0.3, -0.25) is 4.79 Å². The van der Waals surface area contributed by atoms with Crippen LogP contribution < -0.4 is 0 Å². The molecule has 0 bridgehead atoms. The zero-order valence-electron chi connectivity index (χ0n) is 17.6. The number of carbonyl (C=O) groups is 1. The molecule has 3 heterocycles. The van der Waals surface area contributed by atoms with Gasteiger partial charge >= 0.3 is 0 Å². The molecule has 33 heavy (non-hydrogen) atoms. The smallest absolute Gasteiger partial charge is 0.277 e. The Morgan fingerprint density at radius 1 is 1.12 bits per heavy atom. The van der Waals surface area contributed by atoms with Crippen molar-refractivity contribution >= 4 is 35.0 Å². The molecule has 0 saturated carbocycles. The zero-order chi connectivity index (χ0) is 22.8. The lowest BCUT2D eigenvalue weighted by Gasteiger charge is -2.19. The first-order valence-corrected chi connectivity index (χ1v) is 11.7. The Balaban J connectivity index is 1.32. The SMILES string of the molecule is Cc1ccc(C2=NN(C(=O)CSc3nnc(-c4cccc(Cl)c4)o3)C(c3ccco3)C2)cc1. The molecule has 1 aliphatic heterocycles. The molecule has 7 nitrogen and oxygen atoms in total. The molecule has 0 N–H and O–H groups in total. The van der Waals surface area contributed by atoms with Crippen molar-refractivity contribution in [1.29, 1.82) is 0 Å². The summed E-state index contributed by atoms with van der Waals surface area (Å²) in [7, 11) is 0. The Morgan fingerprint density at radius 2 is 1.97 bits per heavy atom. The van der Waals surface area contributed by atoms with E-state index >= 15 is 0 Å². The van der Waals surface area contributed by atoms with Gasteiger partial charge < -0.3 is 8.83 Å². The molecular weight excluding hydrogens is 460 g/mol. The maximum atomic E-state index is 13.1. The van der Waals surface area contributed by atoms with Crippen molar-refractivity contribution in [3.63, 3.8) is 0 Å². The third-order valence-electron chi connectivity index (χ3n) is 5.22. The second kappa shape index (κ2) is 9.25. The van der Waals surface area contributed by atoms with Gasteiger partial charge in [0, 0.05) is 17.0 Å². The second-order valence-electron chi connectivity index (χ2n) is 7.56. The van der Waals surface area contributed by atoms with E-state index in [1.807, 2.05) is 55.5 Å². The predicted molar refractivity (Wildman–Crippen MR) is 126 cm³/mol. The quantitative estimate of drug-likeness (QED) is 0.327. The average Bonchev–Trinajstić information content (AvgIpc) is 3.58. The fourth-order valence-electron chi connectivity index (χ4n) is 3.56. The Morgan fingerprint density at radius 3 is 2.73 bits per heavy atom. The number of carbonyl (C=O) groups excluding carboxylic acids is 1. The summed E-state index contributed by atoms with van der Waals surface area (Å²) in [6, 6.07) is 18.6. The topological polar surface area (TPSA) is 84.7 Å². The lowest BCUT2D eigenvalue weighted by molar-refractivity contribution is -0.130. The number of nitrogens with zero attached hydrogens (tertiary/aromatic N) is 4. The third-order valence-corrected chi connectivity index (χ3v) is 6.26. The van der Waals surface area contributed by atoms with Gasteiger partial charge in [0.1, 0.15) is 11.8 Å². The van der Waals surface area contributed by atoms with Crippen LogP contribution in [-0.4, -0.2) is 32.6 Å². The van der Waals surface area contributed by atoms with Gasteiger partial charge in [-0.15, -0.1) is 10.2 Å². The number of hydrazone groups is 1. The van der Waals surface area contributed by atoms with E-state index in [2.05, 4.69) is 15.3 Å². The van der Waals surface area contributed by atoms with Crippen molar-refractivity contribution in [1.82, 2.24) is 15.2 Å². The number of furan rings is 1. The molecule has 166 valence electrons. The highest BCUT2D eigenvalue weighted by molar-refractivity contribution is 7.99. The van der Waals surface area contributed by atoms with Crippen LogP contribution in [0.4, 0.5) is 0 Å². The average molecular weight is 479 g/mol. The minimum atomic E-state index is -0.297. The monoisotopic (exact) mass is 478 g/mol. The summed E-state index contributed by atoms with van der Waals surface area (Å²) < 4.78 is 11.3. The summed E-state index contributed by atoms with van der Waals surface area (Å²) in [5.41, 5.74) is 3.72. The zero-order valence-corrected chi connectivity index (χ0v) is 19.2. The van der Waals surface area contributed by atoms with Gasteiger partial charge in [-0.2, -0.15) is 5.10 Å². The minimum Gasteiger partial charge on any atom is -0.467 e. The highest BCUT2D eigenvalue weighted by Gasteiger charge is 2.35. The number of benzene rings is 2. The van der Waals surface area contributed by atoms with Gasteiger partial charge in [-0.25, -0.2) is 5.01 Å². The van der Waals surface area contributed by atoms with E-state index in [0.717, 1.165) is 16.8 Å². The first kappa shape index (κ1) is 21.5. The number of hydrogen-bond donors (Lipinski definition) is 0. The Hall–Kier alpha value is -3.36. The van der Waals surface area contributed by atoms with Gasteiger partial charge in [0.15, 0.2) is 0 Å². The van der Waals surface area contributed by atoms with Crippen molar-refractivity contribution in [3.05, 3.63) is 88.8 Å². The molecule has 1 unspecified atom stereocenters. The van der Waals surface area contributed by atoms with E-state index in [1.165, 1.54) is 22.3 Å². The number of thioether (sulfide) groups is 1. The van der Waals surface area contributed by atoms with Gasteiger partial charge in [0.25, 0.3) is 11.1 Å². The first-order valence-electron chi connectivity index (χ1n) is 10.3. The van der Waals surface area contributed by atoms with Crippen molar-refractivity contribution in [2.75, 3.05) is 5.75 Å². The number of halogens is 1. The standard InChI is InChI=1S/C24H19ClN4O3S/c1-15-7-9-16(10-8-15)19-13-20(21-6-3-11-31-21)29(28-19)22(30)14-33-24-27-26-23(32-24)17-4-2-5-18(25)12-17/h2-12,20H,13-14H2,1H3. The molecule has 0 fully saturated rings. The lowest BCUT2D eigenvalue weighted by atomic mass is 10.0. The normalized spacial score (nSPS) is 15.6. The fourth-order valence-corrected chi connectivity index (χ4v) is 4.37. The molecule has 0 spiro atoms. The minimum absolute atomic E-state index is 0.0963. The van der Waals surface area contributed by atoms with Gasteiger partial charge in [0.05, 0.1) is 17.7 Å². The molecule has 2 aromatic carbocycles. The predicted octanol–water partition coefficient (Wildman–Crippen LogP) is 5.76. The van der Waals surface area contributed by atoms with Crippen LogP contribution in [0, 0.1) is 6.92 Å². The maximum absolute atomic E-state index is 13.1. The van der Waals surface area contributed by atoms with E-state index in [1.54, 1.807) is 18.4 Å². The molecular formula is C24H19ClN4O3S. The molecule has 0 aliphatic carbocycles. The highest BCUT2D eigenvalue weighted by atomic mass is 35.5. The van der Waals surface area contributed by atoms with Crippen LogP contribution in [0.15, 0.2) is 86.1 Å². The van der Waals surface area contributed by atoms with Crippen LogP contribution in [0.3, 0.4) is 0 Å². The van der Waals surface area contributed by atoms with Crippen LogP contribution in [0.1, 0.15) is 29.3 Å². The number of amides is 1. The maximum Gasteiger partial charge on any atom is 0.277 e. The lowest BCUT2D eigenvalue weighted by Crippen LogP contribution is -2.28. The number of rotatable bonds is 6. The molecule has 0 saturated heterocycles. The summed E-state index contributed by atoms with van der Waals surface area (Å²) >= 11 is 7.20. The Bertz CT molecular complexity index is 1300. The first-order chi connectivity index (χ1) is 16.1. The van der Waals surface area contributed by atoms with Gasteiger partial charge in [-0.1, -0.05) is 59.3 Å². The van der Waals surface area contributed by atoms with Crippen molar-refractivity contribution in [2.24, 2.45) is 5.10 Å². The molecule has 4 aromatic rings. The summed E-state index contributed by atoms with van der Waals surface area (Å²) in [6.45, 7) is 2.04. The number of aromatic nitrogens is 2. The Labute approximate surface area is 199 Å². The molecule has 1 aliphatic rings. The number of hydrogen-bond acceptors (Lipinski definition) is 7. The summed E-state index contributed by atoms with van der Waals surface area (Å²) in [4.78, 5) is 13.1. The van der Waals surface area contributed by atoms with E-state index in [4.69, 9.17) is 20.4 Å². The summed E-state index contributed by atoms with van der Waals surface area (Å²) in [5.74, 6) is 0.965. The van der Waals surface area contributed by atoms with E-state index in [9.17, 15) is 4.79 Å². The van der Waals surface area contributed by atoms with Crippen LogP contribution >= 0.6 is 23.4 Å². The van der Waals surface area contributed by atoms with E-state index in [-0.39, 0.29) is 17.7 Å². The van der Waals surface area contributed by atoms with Gasteiger partial charge in [-0.05, 0) is 42.8 Å². The second-order valence-corrected chi connectivity index (χ2v) is 8.92. The van der Waals surface area contributed by atoms with Crippen LogP contribution in [0.25, 0.3) is 11.5 Å². The summed E-state index contributed by atoms with van der Waals surface area (Å²) in [6.07, 6.45) is 2.18. The molecule has 1 amide bonds. The largest absolute Gasteiger partial charge is 0.467 e. The number of aryl methyl sites for hydroxylation is 1. The molecule has 5 rings (SSSR count). The molecule has 2 aromatic heterocycles.